The minimum atomic E-state index is 0.233. The quantitative estimate of drug-likeness (QED) is 0.717. The molecule has 1 saturated heterocycles. The maximum absolute atomic E-state index is 12.7. The van der Waals surface area contributed by atoms with Crippen molar-refractivity contribution in [3.8, 4) is 5.75 Å². The third-order valence-corrected chi connectivity index (χ3v) is 5.82. The van der Waals surface area contributed by atoms with Gasteiger partial charge in [0.15, 0.2) is 0 Å². The number of hydrogen-bond acceptors (Lipinski definition) is 4. The molecular formula is C22H30N4O2. The largest absolute Gasteiger partial charge is 0.494 e. The molecule has 1 fully saturated rings. The second-order valence-electron chi connectivity index (χ2n) is 7.88. The van der Waals surface area contributed by atoms with Crippen LogP contribution in [-0.4, -0.2) is 45.3 Å². The van der Waals surface area contributed by atoms with Crippen LogP contribution in [0.15, 0.2) is 30.3 Å². The van der Waals surface area contributed by atoms with Gasteiger partial charge in [-0.2, -0.15) is 0 Å². The van der Waals surface area contributed by atoms with Crippen molar-refractivity contribution in [2.24, 2.45) is 0 Å². The van der Waals surface area contributed by atoms with Crippen molar-refractivity contribution in [2.75, 3.05) is 19.7 Å². The van der Waals surface area contributed by atoms with Gasteiger partial charge in [0, 0.05) is 38.4 Å². The van der Waals surface area contributed by atoms with Gasteiger partial charge < -0.3 is 14.2 Å². The standard InChI is InChI=1S/C22H30N4O2/c27-21(13-8-16-28-19-10-3-1-4-11-19)25-14-7-9-18(17-25)22-24-23-20-12-5-2-6-15-26(20)22/h1,3-4,10-11,18H,2,5-9,12-17H2. The fourth-order valence-electron chi connectivity index (χ4n) is 4.31. The molecule has 1 aromatic heterocycles. The number of aryl methyl sites for hydroxylation is 1. The molecule has 3 heterocycles. The van der Waals surface area contributed by atoms with Gasteiger partial charge in [-0.3, -0.25) is 4.79 Å². The van der Waals surface area contributed by atoms with Crippen molar-refractivity contribution in [1.29, 1.82) is 0 Å². The highest BCUT2D eigenvalue weighted by Gasteiger charge is 2.29. The van der Waals surface area contributed by atoms with Gasteiger partial charge in [0.05, 0.1) is 6.61 Å². The van der Waals surface area contributed by atoms with E-state index in [0.29, 0.717) is 18.9 Å². The van der Waals surface area contributed by atoms with Crippen molar-refractivity contribution < 1.29 is 9.53 Å². The van der Waals surface area contributed by atoms with E-state index in [2.05, 4.69) is 14.8 Å². The number of piperidine rings is 1. The van der Waals surface area contributed by atoms with Crippen LogP contribution in [-0.2, 0) is 17.8 Å². The molecule has 2 aliphatic rings. The van der Waals surface area contributed by atoms with Crippen molar-refractivity contribution >= 4 is 5.91 Å². The topological polar surface area (TPSA) is 60.2 Å². The van der Waals surface area contributed by atoms with Gasteiger partial charge in [0.1, 0.15) is 17.4 Å². The molecule has 6 heteroatoms. The third-order valence-electron chi connectivity index (χ3n) is 5.82. The lowest BCUT2D eigenvalue weighted by molar-refractivity contribution is -0.132. The number of para-hydroxylation sites is 1. The Kier molecular flexibility index (Phi) is 6.24. The Morgan fingerprint density at radius 2 is 1.96 bits per heavy atom. The predicted molar refractivity (Wildman–Crippen MR) is 107 cm³/mol. The highest BCUT2D eigenvalue weighted by atomic mass is 16.5. The van der Waals surface area contributed by atoms with E-state index in [1.54, 1.807) is 0 Å². The average molecular weight is 383 g/mol. The summed E-state index contributed by atoms with van der Waals surface area (Å²) in [5, 5.41) is 8.97. The number of carbonyl (C=O) groups excluding carboxylic acids is 1. The zero-order valence-corrected chi connectivity index (χ0v) is 16.6. The summed E-state index contributed by atoms with van der Waals surface area (Å²) < 4.78 is 8.04. The Morgan fingerprint density at radius 1 is 1.07 bits per heavy atom. The lowest BCUT2D eigenvalue weighted by Gasteiger charge is -2.32. The Morgan fingerprint density at radius 3 is 2.86 bits per heavy atom. The van der Waals surface area contributed by atoms with Gasteiger partial charge >= 0.3 is 0 Å². The van der Waals surface area contributed by atoms with Crippen LogP contribution in [0.4, 0.5) is 0 Å². The molecule has 0 bridgehead atoms. The second-order valence-corrected chi connectivity index (χ2v) is 7.88. The van der Waals surface area contributed by atoms with E-state index in [1.807, 2.05) is 35.2 Å². The smallest absolute Gasteiger partial charge is 0.222 e. The summed E-state index contributed by atoms with van der Waals surface area (Å²) in [7, 11) is 0. The normalized spacial score (nSPS) is 19.7. The fraction of sp³-hybridized carbons (Fsp3) is 0.591. The van der Waals surface area contributed by atoms with E-state index in [4.69, 9.17) is 4.74 Å². The van der Waals surface area contributed by atoms with Gasteiger partial charge in [-0.1, -0.05) is 24.6 Å². The van der Waals surface area contributed by atoms with Crippen LogP contribution in [0.1, 0.15) is 62.5 Å². The number of carbonyl (C=O) groups is 1. The number of likely N-dealkylation sites (tertiary alicyclic amines) is 1. The van der Waals surface area contributed by atoms with Crippen LogP contribution in [0.3, 0.4) is 0 Å². The zero-order chi connectivity index (χ0) is 19.2. The molecule has 6 nitrogen and oxygen atoms in total. The van der Waals surface area contributed by atoms with Crippen LogP contribution < -0.4 is 4.74 Å². The number of ether oxygens (including phenoxy) is 1. The minimum Gasteiger partial charge on any atom is -0.494 e. The lowest BCUT2D eigenvalue weighted by atomic mass is 9.96. The van der Waals surface area contributed by atoms with Gasteiger partial charge in [-0.05, 0) is 44.2 Å². The van der Waals surface area contributed by atoms with Gasteiger partial charge in [-0.25, -0.2) is 0 Å². The minimum absolute atomic E-state index is 0.233. The molecule has 0 N–H and O–H groups in total. The van der Waals surface area contributed by atoms with Crippen LogP contribution in [0.2, 0.25) is 0 Å². The van der Waals surface area contributed by atoms with Gasteiger partial charge in [0.25, 0.3) is 0 Å². The van der Waals surface area contributed by atoms with E-state index < -0.39 is 0 Å². The van der Waals surface area contributed by atoms with Crippen LogP contribution >= 0.6 is 0 Å². The van der Waals surface area contributed by atoms with Crippen molar-refractivity contribution in [3.05, 3.63) is 42.0 Å². The third kappa shape index (κ3) is 4.54. The molecular weight excluding hydrogens is 352 g/mol. The first-order chi connectivity index (χ1) is 13.8. The number of benzene rings is 1. The summed E-state index contributed by atoms with van der Waals surface area (Å²) in [5.74, 6) is 3.64. The lowest BCUT2D eigenvalue weighted by Crippen LogP contribution is -2.39. The van der Waals surface area contributed by atoms with Crippen LogP contribution in [0, 0.1) is 0 Å². The van der Waals surface area contributed by atoms with Gasteiger partial charge in [0.2, 0.25) is 5.91 Å². The number of hydrogen-bond donors (Lipinski definition) is 0. The second kappa shape index (κ2) is 9.22. The number of rotatable bonds is 6. The first-order valence-electron chi connectivity index (χ1n) is 10.7. The van der Waals surface area contributed by atoms with E-state index in [-0.39, 0.29) is 5.91 Å². The van der Waals surface area contributed by atoms with Crippen molar-refractivity contribution in [3.63, 3.8) is 0 Å². The maximum atomic E-state index is 12.7. The number of aromatic nitrogens is 3. The predicted octanol–water partition coefficient (Wildman–Crippen LogP) is 3.57. The first-order valence-corrected chi connectivity index (χ1v) is 10.7. The Hall–Kier alpha value is -2.37. The molecule has 4 rings (SSSR count). The molecule has 1 amide bonds. The molecule has 0 spiro atoms. The molecule has 0 radical (unpaired) electrons. The monoisotopic (exact) mass is 382 g/mol. The van der Waals surface area contributed by atoms with E-state index >= 15 is 0 Å². The Balaban J connectivity index is 1.29. The average Bonchev–Trinajstić information content (AvgIpc) is 3.00. The van der Waals surface area contributed by atoms with Gasteiger partial charge in [-0.15, -0.1) is 10.2 Å². The summed E-state index contributed by atoms with van der Waals surface area (Å²) in [6.07, 6.45) is 8.13. The molecule has 1 unspecified atom stereocenters. The number of fused-ring (bicyclic) bond motifs is 1. The number of nitrogens with zero attached hydrogens (tertiary/aromatic N) is 4. The van der Waals surface area contributed by atoms with Crippen LogP contribution in [0.25, 0.3) is 0 Å². The first kappa shape index (κ1) is 19.0. The zero-order valence-electron chi connectivity index (χ0n) is 16.6. The summed E-state index contributed by atoms with van der Waals surface area (Å²) >= 11 is 0. The highest BCUT2D eigenvalue weighted by molar-refractivity contribution is 5.76. The van der Waals surface area contributed by atoms with E-state index in [1.165, 1.54) is 19.3 Å². The maximum Gasteiger partial charge on any atom is 0.222 e. The Labute approximate surface area is 166 Å². The molecule has 2 aliphatic heterocycles. The molecule has 28 heavy (non-hydrogen) atoms. The molecule has 1 aromatic carbocycles. The molecule has 0 saturated carbocycles. The Bertz CT molecular complexity index is 774. The summed E-state index contributed by atoms with van der Waals surface area (Å²) in [6.45, 7) is 3.23. The van der Waals surface area contributed by atoms with Crippen molar-refractivity contribution in [1.82, 2.24) is 19.7 Å². The SMILES string of the molecule is O=C(CCCOc1ccccc1)N1CCCC(c2nnc3n2CCCCC3)C1. The van der Waals surface area contributed by atoms with Crippen LogP contribution in [0.5, 0.6) is 5.75 Å². The van der Waals surface area contributed by atoms with E-state index in [0.717, 1.165) is 62.7 Å². The van der Waals surface area contributed by atoms with E-state index in [9.17, 15) is 4.79 Å². The summed E-state index contributed by atoms with van der Waals surface area (Å²) in [5.41, 5.74) is 0. The fourth-order valence-corrected chi connectivity index (χ4v) is 4.31. The molecule has 2 aromatic rings. The number of amides is 1. The summed E-state index contributed by atoms with van der Waals surface area (Å²) in [6, 6.07) is 9.77. The molecule has 1 atom stereocenters. The summed E-state index contributed by atoms with van der Waals surface area (Å²) in [4.78, 5) is 14.7. The van der Waals surface area contributed by atoms with Crippen molar-refractivity contribution in [2.45, 2.75) is 63.8 Å². The highest BCUT2D eigenvalue weighted by Crippen LogP contribution is 2.28. The molecule has 150 valence electrons. The molecule has 0 aliphatic carbocycles.